The van der Waals surface area contributed by atoms with E-state index in [-0.39, 0.29) is 0 Å². The van der Waals surface area contributed by atoms with E-state index in [1.807, 2.05) is 0 Å². The van der Waals surface area contributed by atoms with E-state index >= 15 is 0 Å². The van der Waals surface area contributed by atoms with Crippen LogP contribution in [0, 0.1) is 0 Å². The Morgan fingerprint density at radius 1 is 1.04 bits per heavy atom. The molecule has 0 spiro atoms. The lowest BCUT2D eigenvalue weighted by Crippen LogP contribution is -2.31. The number of aromatic nitrogens is 2. The summed E-state index contributed by atoms with van der Waals surface area (Å²) in [6.07, 6.45) is 19.7. The molecule has 0 aliphatic rings. The molecule has 0 saturated carbocycles. The second-order valence-electron chi connectivity index (χ2n) is 6.44. The Bertz CT molecular complexity index is 522. The molecule has 0 radical (unpaired) electrons. The standard InChI is InChI=1S/C17H33N2.CH4O4S/c1-4-5-6-7-8-9-10-11-12-13-14-17-18(2)15-16-19(17)3;1-5-6(2,3)4/h15-16H,4-14H2,1-3H3;1H3,(H,2,3,4)/q+1;/p-1. The fourth-order valence-corrected chi connectivity index (χ4v) is 2.74. The van der Waals surface area contributed by atoms with Gasteiger partial charge in [0.15, 0.2) is 0 Å². The zero-order valence-corrected chi connectivity index (χ0v) is 17.2. The lowest BCUT2D eigenvalue weighted by atomic mass is 10.1. The molecule has 7 heteroatoms. The Morgan fingerprint density at radius 3 is 1.84 bits per heavy atom. The fraction of sp³-hybridized carbons (Fsp3) is 0.833. The first kappa shape index (κ1) is 24.1. The van der Waals surface area contributed by atoms with Gasteiger partial charge in [-0.3, -0.25) is 4.18 Å². The van der Waals surface area contributed by atoms with Crippen molar-refractivity contribution in [2.24, 2.45) is 14.1 Å². The third-order valence-corrected chi connectivity index (χ3v) is 4.69. The minimum Gasteiger partial charge on any atom is -0.726 e. The molecule has 1 rings (SSSR count). The van der Waals surface area contributed by atoms with E-state index in [2.05, 4.69) is 46.7 Å². The first-order valence-corrected chi connectivity index (χ1v) is 10.7. The van der Waals surface area contributed by atoms with Crippen LogP contribution in [0.1, 0.15) is 77.0 Å². The van der Waals surface area contributed by atoms with Crippen LogP contribution in [0.4, 0.5) is 0 Å². The van der Waals surface area contributed by atoms with E-state index in [1.54, 1.807) is 0 Å². The average Bonchev–Trinajstić information content (AvgIpc) is 2.88. The Labute approximate surface area is 154 Å². The minimum atomic E-state index is -4.41. The van der Waals surface area contributed by atoms with Crippen LogP contribution in [0.3, 0.4) is 0 Å². The summed E-state index contributed by atoms with van der Waals surface area (Å²) >= 11 is 0. The van der Waals surface area contributed by atoms with Crippen LogP contribution >= 0.6 is 0 Å². The van der Waals surface area contributed by atoms with Gasteiger partial charge >= 0.3 is 0 Å². The molecule has 148 valence electrons. The third-order valence-electron chi connectivity index (χ3n) is 4.29. The molecule has 0 atom stereocenters. The van der Waals surface area contributed by atoms with Crippen molar-refractivity contribution in [3.63, 3.8) is 0 Å². The summed E-state index contributed by atoms with van der Waals surface area (Å²) in [5.74, 6) is 1.44. The maximum Gasteiger partial charge on any atom is 0.255 e. The highest BCUT2D eigenvalue weighted by atomic mass is 32.3. The lowest BCUT2D eigenvalue weighted by Gasteiger charge is -2.02. The van der Waals surface area contributed by atoms with Crippen molar-refractivity contribution >= 4 is 10.4 Å². The quantitative estimate of drug-likeness (QED) is 0.242. The van der Waals surface area contributed by atoms with Crippen LogP contribution in [-0.4, -0.2) is 24.6 Å². The third kappa shape index (κ3) is 14.0. The second kappa shape index (κ2) is 14.3. The smallest absolute Gasteiger partial charge is 0.255 e. The summed E-state index contributed by atoms with van der Waals surface area (Å²) in [4.78, 5) is 0. The normalized spacial score (nSPS) is 11.2. The maximum absolute atomic E-state index is 9.22. The predicted octanol–water partition coefficient (Wildman–Crippen LogP) is 3.41. The predicted molar refractivity (Wildman–Crippen MR) is 98.8 cm³/mol. The fourth-order valence-electron chi connectivity index (χ4n) is 2.74. The van der Waals surface area contributed by atoms with Crippen LogP contribution in [-0.2, 0) is 35.1 Å². The van der Waals surface area contributed by atoms with Crippen LogP contribution in [0.15, 0.2) is 12.4 Å². The summed E-state index contributed by atoms with van der Waals surface area (Å²) in [7, 11) is 0.685. The highest BCUT2D eigenvalue weighted by Gasteiger charge is 2.09. The van der Waals surface area contributed by atoms with Crippen molar-refractivity contribution in [2.75, 3.05) is 7.11 Å². The molecule has 0 aliphatic carbocycles. The van der Waals surface area contributed by atoms with Crippen molar-refractivity contribution in [3.8, 4) is 0 Å². The molecule has 0 aromatic carbocycles. The van der Waals surface area contributed by atoms with Gasteiger partial charge in [0.25, 0.3) is 5.82 Å². The van der Waals surface area contributed by atoms with Gasteiger partial charge < -0.3 is 4.55 Å². The molecule has 0 fully saturated rings. The van der Waals surface area contributed by atoms with Gasteiger partial charge in [-0.15, -0.1) is 0 Å². The van der Waals surface area contributed by atoms with E-state index in [0.717, 1.165) is 7.11 Å². The van der Waals surface area contributed by atoms with Gasteiger partial charge in [-0.25, -0.2) is 17.6 Å². The summed E-state index contributed by atoms with van der Waals surface area (Å²) in [5.41, 5.74) is 0. The Morgan fingerprint density at radius 2 is 1.48 bits per heavy atom. The van der Waals surface area contributed by atoms with Gasteiger partial charge in [0.2, 0.25) is 10.4 Å². The molecule has 6 nitrogen and oxygen atoms in total. The minimum absolute atomic E-state index is 0.808. The molecule has 25 heavy (non-hydrogen) atoms. The summed E-state index contributed by atoms with van der Waals surface area (Å²) in [6.45, 7) is 2.28. The summed E-state index contributed by atoms with van der Waals surface area (Å²) in [6, 6.07) is 0. The van der Waals surface area contributed by atoms with E-state index in [1.165, 1.54) is 76.5 Å². The van der Waals surface area contributed by atoms with E-state index in [0.29, 0.717) is 0 Å². The zero-order valence-electron chi connectivity index (χ0n) is 16.4. The van der Waals surface area contributed by atoms with Crippen LogP contribution < -0.4 is 4.57 Å². The highest BCUT2D eigenvalue weighted by molar-refractivity contribution is 7.80. The van der Waals surface area contributed by atoms with Gasteiger partial charge in [0.05, 0.1) is 21.2 Å². The molecule has 1 aromatic rings. The van der Waals surface area contributed by atoms with E-state index < -0.39 is 10.4 Å². The van der Waals surface area contributed by atoms with Crippen LogP contribution in [0.5, 0.6) is 0 Å². The van der Waals surface area contributed by atoms with Gasteiger partial charge in [-0.05, 0) is 6.42 Å². The molecule has 0 bridgehead atoms. The molecule has 0 unspecified atom stereocenters. The van der Waals surface area contributed by atoms with Crippen molar-refractivity contribution in [1.82, 2.24) is 4.57 Å². The highest BCUT2D eigenvalue weighted by Crippen LogP contribution is 2.11. The molecule has 1 aromatic heterocycles. The molecule has 1 heterocycles. The zero-order chi connectivity index (χ0) is 19.1. The Kier molecular flexibility index (Phi) is 13.7. The molecular weight excluding hydrogens is 340 g/mol. The van der Waals surface area contributed by atoms with E-state index in [4.69, 9.17) is 0 Å². The van der Waals surface area contributed by atoms with Gasteiger partial charge in [0, 0.05) is 6.42 Å². The van der Waals surface area contributed by atoms with Crippen molar-refractivity contribution in [2.45, 2.75) is 77.6 Å². The molecule has 0 amide bonds. The molecule has 0 saturated heterocycles. The topological polar surface area (TPSA) is 75.2 Å². The van der Waals surface area contributed by atoms with Gasteiger partial charge in [-0.2, -0.15) is 0 Å². The van der Waals surface area contributed by atoms with Crippen LogP contribution in [0.2, 0.25) is 0 Å². The summed E-state index contributed by atoms with van der Waals surface area (Å²) < 4.78 is 35.5. The molecule has 0 N–H and O–H groups in total. The van der Waals surface area contributed by atoms with Crippen molar-refractivity contribution in [3.05, 3.63) is 18.2 Å². The molecular formula is C18H36N2O4S. The van der Waals surface area contributed by atoms with Gasteiger partial charge in [-0.1, -0.05) is 64.7 Å². The SMILES string of the molecule is CCCCCCCCCCCCc1n(C)cc[n+]1C.COS(=O)(=O)[O-]. The number of imidazole rings is 1. The molecule has 0 aliphatic heterocycles. The van der Waals surface area contributed by atoms with Crippen molar-refractivity contribution < 1.29 is 21.7 Å². The largest absolute Gasteiger partial charge is 0.726 e. The van der Waals surface area contributed by atoms with Crippen LogP contribution in [0.25, 0.3) is 0 Å². The van der Waals surface area contributed by atoms with E-state index in [9.17, 15) is 13.0 Å². The first-order chi connectivity index (χ1) is 11.8. The average molecular weight is 377 g/mol. The number of rotatable bonds is 12. The number of hydrogen-bond acceptors (Lipinski definition) is 4. The summed E-state index contributed by atoms with van der Waals surface area (Å²) in [5, 5.41) is 0. The Hall–Kier alpha value is -0.920. The number of nitrogens with zero attached hydrogens (tertiary/aromatic N) is 2. The monoisotopic (exact) mass is 376 g/mol. The number of aryl methyl sites for hydroxylation is 2. The number of hydrogen-bond donors (Lipinski definition) is 0. The lowest BCUT2D eigenvalue weighted by molar-refractivity contribution is -0.678. The van der Waals surface area contributed by atoms with Gasteiger partial charge in [0.1, 0.15) is 12.4 Å². The maximum atomic E-state index is 9.22. The second-order valence-corrected chi connectivity index (χ2v) is 7.59. The first-order valence-electron chi connectivity index (χ1n) is 9.33. The van der Waals surface area contributed by atoms with Crippen molar-refractivity contribution in [1.29, 1.82) is 0 Å². The Balaban J connectivity index is 0.000000823. The number of unbranched alkanes of at least 4 members (excludes halogenated alkanes) is 9.